The van der Waals surface area contributed by atoms with Crippen molar-refractivity contribution in [2.75, 3.05) is 26.2 Å². The molecule has 0 bridgehead atoms. The fourth-order valence-corrected chi connectivity index (χ4v) is 2.24. The molecule has 19 heavy (non-hydrogen) atoms. The zero-order chi connectivity index (χ0) is 14.1. The van der Waals surface area contributed by atoms with Gasteiger partial charge in [-0.3, -0.25) is 4.79 Å². The second-order valence-corrected chi connectivity index (χ2v) is 5.14. The van der Waals surface area contributed by atoms with Crippen LogP contribution in [0.25, 0.3) is 0 Å². The van der Waals surface area contributed by atoms with E-state index in [4.69, 9.17) is 5.11 Å². The summed E-state index contributed by atoms with van der Waals surface area (Å²) < 4.78 is 0. The Morgan fingerprint density at radius 1 is 1.32 bits per heavy atom. The van der Waals surface area contributed by atoms with Gasteiger partial charge >= 0.3 is 12.0 Å². The predicted octanol–water partition coefficient (Wildman–Crippen LogP) is 1.02. The first-order valence-electron chi connectivity index (χ1n) is 7.06. The summed E-state index contributed by atoms with van der Waals surface area (Å²) in [5, 5.41) is 14.2. The number of carbonyl (C=O) groups excluding carboxylic acids is 1. The summed E-state index contributed by atoms with van der Waals surface area (Å²) in [4.78, 5) is 24.3. The number of nitrogens with one attached hydrogen (secondary N) is 2. The third-order valence-corrected chi connectivity index (χ3v) is 3.32. The Kier molecular flexibility index (Phi) is 7.25. The van der Waals surface area contributed by atoms with Crippen LogP contribution in [0.15, 0.2) is 0 Å². The van der Waals surface area contributed by atoms with E-state index in [9.17, 15) is 9.59 Å². The standard InChI is InChI=1S/C13H25N3O3/c1-11(5-4-6-12(17)18)15-13(19)14-7-10-16-8-2-3-9-16/h11H,2-10H2,1H3,(H,17,18)(H2,14,15,19). The molecule has 1 aliphatic rings. The normalized spacial score (nSPS) is 17.1. The molecular weight excluding hydrogens is 246 g/mol. The van der Waals surface area contributed by atoms with Crippen LogP contribution in [-0.4, -0.2) is 54.2 Å². The first kappa shape index (κ1) is 15.8. The van der Waals surface area contributed by atoms with Crippen molar-refractivity contribution in [3.63, 3.8) is 0 Å². The van der Waals surface area contributed by atoms with Crippen LogP contribution in [0.3, 0.4) is 0 Å². The molecule has 0 saturated carbocycles. The van der Waals surface area contributed by atoms with Crippen LogP contribution in [0.1, 0.15) is 39.0 Å². The van der Waals surface area contributed by atoms with Crippen LogP contribution in [0.2, 0.25) is 0 Å². The van der Waals surface area contributed by atoms with E-state index >= 15 is 0 Å². The number of nitrogens with zero attached hydrogens (tertiary/aromatic N) is 1. The summed E-state index contributed by atoms with van der Waals surface area (Å²) in [6.07, 6.45) is 3.94. The third-order valence-electron chi connectivity index (χ3n) is 3.32. The van der Waals surface area contributed by atoms with Gasteiger partial charge in [-0.2, -0.15) is 0 Å². The summed E-state index contributed by atoms with van der Waals surface area (Å²) in [6.45, 7) is 5.72. The summed E-state index contributed by atoms with van der Waals surface area (Å²) in [5.41, 5.74) is 0. The van der Waals surface area contributed by atoms with Crippen molar-refractivity contribution in [3.05, 3.63) is 0 Å². The number of hydrogen-bond acceptors (Lipinski definition) is 3. The number of carboxylic acid groups (broad SMARTS) is 1. The number of amides is 2. The topological polar surface area (TPSA) is 81.7 Å². The Hall–Kier alpha value is -1.30. The number of carbonyl (C=O) groups is 2. The molecule has 0 aromatic carbocycles. The van der Waals surface area contributed by atoms with E-state index in [2.05, 4.69) is 15.5 Å². The molecule has 2 amide bonds. The molecule has 1 rings (SSSR count). The molecule has 6 heteroatoms. The van der Waals surface area contributed by atoms with Crippen molar-refractivity contribution in [2.45, 2.75) is 45.1 Å². The van der Waals surface area contributed by atoms with E-state index in [1.54, 1.807) is 0 Å². The van der Waals surface area contributed by atoms with Crippen LogP contribution < -0.4 is 10.6 Å². The Bertz CT molecular complexity index is 291. The van der Waals surface area contributed by atoms with Gasteiger partial charge in [0.2, 0.25) is 0 Å². The number of carboxylic acids is 1. The van der Waals surface area contributed by atoms with E-state index in [-0.39, 0.29) is 18.5 Å². The van der Waals surface area contributed by atoms with Crippen molar-refractivity contribution in [3.8, 4) is 0 Å². The molecule has 110 valence electrons. The Labute approximate surface area is 114 Å². The molecule has 0 aromatic rings. The molecule has 0 aliphatic carbocycles. The monoisotopic (exact) mass is 271 g/mol. The van der Waals surface area contributed by atoms with Crippen LogP contribution in [0.4, 0.5) is 4.79 Å². The number of hydrogen-bond donors (Lipinski definition) is 3. The minimum Gasteiger partial charge on any atom is -0.481 e. The number of aliphatic carboxylic acids is 1. The number of likely N-dealkylation sites (tertiary alicyclic amines) is 1. The number of rotatable bonds is 8. The van der Waals surface area contributed by atoms with E-state index in [1.165, 1.54) is 12.8 Å². The molecule has 0 radical (unpaired) electrons. The molecular formula is C13H25N3O3. The maximum absolute atomic E-state index is 11.6. The highest BCUT2D eigenvalue weighted by atomic mass is 16.4. The minimum atomic E-state index is -0.790. The molecule has 1 heterocycles. The van der Waals surface area contributed by atoms with Crippen LogP contribution in [0.5, 0.6) is 0 Å². The summed E-state index contributed by atoms with van der Waals surface area (Å²) in [6, 6.07) is -0.159. The van der Waals surface area contributed by atoms with Gasteiger partial charge in [-0.25, -0.2) is 4.79 Å². The summed E-state index contributed by atoms with van der Waals surface area (Å²) >= 11 is 0. The van der Waals surface area contributed by atoms with Crippen molar-refractivity contribution in [1.29, 1.82) is 0 Å². The quantitative estimate of drug-likeness (QED) is 0.616. The highest BCUT2D eigenvalue weighted by Crippen LogP contribution is 2.05. The molecule has 3 N–H and O–H groups in total. The maximum Gasteiger partial charge on any atom is 0.315 e. The molecule has 6 nitrogen and oxygen atoms in total. The van der Waals surface area contributed by atoms with Crippen molar-refractivity contribution in [2.24, 2.45) is 0 Å². The van der Waals surface area contributed by atoms with Gasteiger partial charge in [0.05, 0.1) is 0 Å². The lowest BCUT2D eigenvalue weighted by atomic mass is 10.1. The SMILES string of the molecule is CC(CCCC(=O)O)NC(=O)NCCN1CCCC1. The Balaban J connectivity index is 2.00. The van der Waals surface area contributed by atoms with Crippen molar-refractivity contribution >= 4 is 12.0 Å². The molecule has 1 fully saturated rings. The van der Waals surface area contributed by atoms with Crippen LogP contribution in [0, 0.1) is 0 Å². The first-order valence-corrected chi connectivity index (χ1v) is 7.06. The highest BCUT2D eigenvalue weighted by Gasteiger charge is 2.12. The average Bonchev–Trinajstić information content (AvgIpc) is 2.81. The minimum absolute atomic E-state index is 0.00568. The van der Waals surface area contributed by atoms with Crippen LogP contribution in [-0.2, 0) is 4.79 Å². The fraction of sp³-hybridized carbons (Fsp3) is 0.846. The van der Waals surface area contributed by atoms with Gasteiger partial charge < -0.3 is 20.6 Å². The van der Waals surface area contributed by atoms with Crippen molar-refractivity contribution < 1.29 is 14.7 Å². The third kappa shape index (κ3) is 7.66. The van der Waals surface area contributed by atoms with Gasteiger partial charge in [0, 0.05) is 25.6 Å². The van der Waals surface area contributed by atoms with Gasteiger partial charge in [0.25, 0.3) is 0 Å². The zero-order valence-corrected chi connectivity index (χ0v) is 11.7. The largest absolute Gasteiger partial charge is 0.481 e. The average molecular weight is 271 g/mol. The number of urea groups is 1. The molecule has 1 unspecified atom stereocenters. The molecule has 0 aromatic heterocycles. The van der Waals surface area contributed by atoms with Gasteiger partial charge in [-0.05, 0) is 45.7 Å². The second kappa shape index (κ2) is 8.74. The first-order chi connectivity index (χ1) is 9.08. The summed E-state index contributed by atoms with van der Waals surface area (Å²) in [5.74, 6) is -0.790. The fourth-order valence-electron chi connectivity index (χ4n) is 2.24. The van der Waals surface area contributed by atoms with Crippen LogP contribution >= 0.6 is 0 Å². The second-order valence-electron chi connectivity index (χ2n) is 5.14. The zero-order valence-electron chi connectivity index (χ0n) is 11.7. The highest BCUT2D eigenvalue weighted by molar-refractivity contribution is 5.74. The van der Waals surface area contributed by atoms with E-state index < -0.39 is 5.97 Å². The lowest BCUT2D eigenvalue weighted by Gasteiger charge is -2.17. The van der Waals surface area contributed by atoms with E-state index in [0.717, 1.165) is 19.6 Å². The maximum atomic E-state index is 11.6. The Morgan fingerprint density at radius 3 is 2.63 bits per heavy atom. The lowest BCUT2D eigenvalue weighted by Crippen LogP contribution is -2.43. The van der Waals surface area contributed by atoms with E-state index in [1.807, 2.05) is 6.92 Å². The smallest absolute Gasteiger partial charge is 0.315 e. The predicted molar refractivity (Wildman–Crippen MR) is 73.2 cm³/mol. The molecule has 1 saturated heterocycles. The van der Waals surface area contributed by atoms with Crippen molar-refractivity contribution in [1.82, 2.24) is 15.5 Å². The van der Waals surface area contributed by atoms with E-state index in [0.29, 0.717) is 19.4 Å². The van der Waals surface area contributed by atoms with Gasteiger partial charge in [-0.1, -0.05) is 0 Å². The lowest BCUT2D eigenvalue weighted by molar-refractivity contribution is -0.137. The molecule has 1 aliphatic heterocycles. The van der Waals surface area contributed by atoms with Gasteiger partial charge in [0.15, 0.2) is 0 Å². The summed E-state index contributed by atoms with van der Waals surface area (Å²) in [7, 11) is 0. The van der Waals surface area contributed by atoms with Gasteiger partial charge in [-0.15, -0.1) is 0 Å². The van der Waals surface area contributed by atoms with Gasteiger partial charge in [0.1, 0.15) is 0 Å². The Morgan fingerprint density at radius 2 is 2.00 bits per heavy atom. The molecule has 0 spiro atoms. The molecule has 1 atom stereocenters.